The van der Waals surface area contributed by atoms with Crippen LogP contribution in [0.4, 0.5) is 8.78 Å². The molecule has 1 unspecified atom stereocenters. The summed E-state index contributed by atoms with van der Waals surface area (Å²) >= 11 is 5.84. The van der Waals surface area contributed by atoms with Crippen molar-refractivity contribution in [3.63, 3.8) is 0 Å². The Labute approximate surface area is 121 Å². The fourth-order valence-electron chi connectivity index (χ4n) is 2.24. The second-order valence-electron chi connectivity index (χ2n) is 4.78. The van der Waals surface area contributed by atoms with Crippen LogP contribution in [0.2, 0.25) is 5.02 Å². The molecule has 4 heteroatoms. The minimum atomic E-state index is -1.46. The normalized spacial score (nSPS) is 14.1. The molecule has 106 valence electrons. The Kier molecular flexibility index (Phi) is 4.41. The van der Waals surface area contributed by atoms with Gasteiger partial charge in [-0.25, -0.2) is 8.78 Å². The second kappa shape index (κ2) is 5.90. The number of rotatable bonds is 4. The molecule has 0 saturated heterocycles. The SMILES string of the molecule is CCC(O)(Cc1cc(Cl)ccc1F)c1ccccc1F. The first-order chi connectivity index (χ1) is 9.46. The standard InChI is InChI=1S/C16H15ClF2O/c1-2-16(20,13-5-3-4-6-15(13)19)10-11-9-12(17)7-8-14(11)18/h3-9,20H,2,10H2,1H3. The van der Waals surface area contributed by atoms with Crippen molar-refractivity contribution in [3.8, 4) is 0 Å². The largest absolute Gasteiger partial charge is 0.385 e. The molecule has 2 rings (SSSR count). The van der Waals surface area contributed by atoms with Crippen LogP contribution in [0.5, 0.6) is 0 Å². The monoisotopic (exact) mass is 296 g/mol. The van der Waals surface area contributed by atoms with Crippen LogP contribution in [0.3, 0.4) is 0 Å². The highest BCUT2D eigenvalue weighted by atomic mass is 35.5. The topological polar surface area (TPSA) is 20.2 Å². The van der Waals surface area contributed by atoms with Crippen molar-refractivity contribution in [2.75, 3.05) is 0 Å². The van der Waals surface area contributed by atoms with Gasteiger partial charge in [0.25, 0.3) is 0 Å². The van der Waals surface area contributed by atoms with E-state index in [9.17, 15) is 13.9 Å². The summed E-state index contributed by atoms with van der Waals surface area (Å²) in [6.07, 6.45) is 0.233. The van der Waals surface area contributed by atoms with Crippen molar-refractivity contribution in [3.05, 3.63) is 70.2 Å². The molecule has 0 amide bonds. The van der Waals surface area contributed by atoms with E-state index in [2.05, 4.69) is 0 Å². The second-order valence-corrected chi connectivity index (χ2v) is 5.21. The Morgan fingerprint density at radius 3 is 2.45 bits per heavy atom. The Bertz CT molecular complexity index is 615. The molecule has 1 nitrogen and oxygen atoms in total. The minimum absolute atomic E-state index is 0.0309. The molecular formula is C16H15ClF2O. The first-order valence-corrected chi connectivity index (χ1v) is 6.75. The molecule has 0 radical (unpaired) electrons. The molecule has 0 bridgehead atoms. The molecule has 1 atom stereocenters. The number of hydrogen-bond acceptors (Lipinski definition) is 1. The van der Waals surface area contributed by atoms with Gasteiger partial charge in [0, 0.05) is 17.0 Å². The van der Waals surface area contributed by atoms with Gasteiger partial charge >= 0.3 is 0 Å². The highest BCUT2D eigenvalue weighted by molar-refractivity contribution is 6.30. The smallest absolute Gasteiger partial charge is 0.129 e. The predicted octanol–water partition coefficient (Wildman–Crippen LogP) is 4.46. The van der Waals surface area contributed by atoms with E-state index >= 15 is 0 Å². The van der Waals surface area contributed by atoms with Crippen molar-refractivity contribution >= 4 is 11.6 Å². The van der Waals surface area contributed by atoms with Crippen LogP contribution in [-0.2, 0) is 12.0 Å². The molecule has 0 aliphatic rings. The maximum Gasteiger partial charge on any atom is 0.129 e. The number of halogens is 3. The quantitative estimate of drug-likeness (QED) is 0.883. The molecule has 0 spiro atoms. The lowest BCUT2D eigenvalue weighted by atomic mass is 9.84. The summed E-state index contributed by atoms with van der Waals surface area (Å²) < 4.78 is 27.7. The summed E-state index contributed by atoms with van der Waals surface area (Å²) in [6.45, 7) is 1.73. The Morgan fingerprint density at radius 1 is 1.10 bits per heavy atom. The molecule has 0 fully saturated rings. The number of hydrogen-bond donors (Lipinski definition) is 1. The zero-order chi connectivity index (χ0) is 14.8. The third kappa shape index (κ3) is 3.00. The zero-order valence-electron chi connectivity index (χ0n) is 11.0. The molecule has 0 heterocycles. The highest BCUT2D eigenvalue weighted by Gasteiger charge is 2.31. The first-order valence-electron chi connectivity index (χ1n) is 6.37. The molecule has 1 N–H and O–H groups in total. The van der Waals surface area contributed by atoms with Crippen LogP contribution in [-0.4, -0.2) is 5.11 Å². The number of aliphatic hydroxyl groups is 1. The van der Waals surface area contributed by atoms with Crippen LogP contribution in [0.1, 0.15) is 24.5 Å². The van der Waals surface area contributed by atoms with E-state index in [0.29, 0.717) is 5.02 Å². The Hall–Kier alpha value is -1.45. The van der Waals surface area contributed by atoms with Crippen LogP contribution < -0.4 is 0 Å². The Morgan fingerprint density at radius 2 is 1.80 bits per heavy atom. The molecular weight excluding hydrogens is 282 g/mol. The van der Waals surface area contributed by atoms with Crippen molar-refractivity contribution in [2.24, 2.45) is 0 Å². The third-order valence-electron chi connectivity index (χ3n) is 3.45. The average molecular weight is 297 g/mol. The van der Waals surface area contributed by atoms with E-state index in [1.54, 1.807) is 19.1 Å². The lowest BCUT2D eigenvalue weighted by Crippen LogP contribution is -2.29. The van der Waals surface area contributed by atoms with E-state index in [1.165, 1.54) is 30.3 Å². The summed E-state index contributed by atoms with van der Waals surface area (Å²) in [5, 5.41) is 11.1. The minimum Gasteiger partial charge on any atom is -0.385 e. The van der Waals surface area contributed by atoms with Gasteiger partial charge in [-0.2, -0.15) is 0 Å². The van der Waals surface area contributed by atoms with Crippen molar-refractivity contribution in [1.82, 2.24) is 0 Å². The van der Waals surface area contributed by atoms with Gasteiger partial charge in [0.05, 0.1) is 5.60 Å². The van der Waals surface area contributed by atoms with Gasteiger partial charge in [0.1, 0.15) is 11.6 Å². The average Bonchev–Trinajstić information content (AvgIpc) is 2.43. The summed E-state index contributed by atoms with van der Waals surface area (Å²) in [7, 11) is 0. The van der Waals surface area contributed by atoms with Crippen LogP contribution in [0.25, 0.3) is 0 Å². The maximum absolute atomic E-state index is 13.9. The molecule has 0 aromatic heterocycles. The van der Waals surface area contributed by atoms with Gasteiger partial charge in [0.15, 0.2) is 0 Å². The lowest BCUT2D eigenvalue weighted by molar-refractivity contribution is 0.0283. The summed E-state index contributed by atoms with van der Waals surface area (Å²) in [5.74, 6) is -0.961. The van der Waals surface area contributed by atoms with Crippen molar-refractivity contribution in [1.29, 1.82) is 0 Å². The molecule has 2 aromatic rings. The van der Waals surface area contributed by atoms with E-state index in [4.69, 9.17) is 11.6 Å². The molecule has 0 saturated carbocycles. The van der Waals surface area contributed by atoms with E-state index < -0.39 is 17.2 Å². The zero-order valence-corrected chi connectivity index (χ0v) is 11.8. The number of benzene rings is 2. The van der Waals surface area contributed by atoms with Gasteiger partial charge in [-0.1, -0.05) is 36.7 Å². The van der Waals surface area contributed by atoms with Gasteiger partial charge in [-0.3, -0.25) is 0 Å². The fraction of sp³-hybridized carbons (Fsp3) is 0.250. The maximum atomic E-state index is 13.9. The lowest BCUT2D eigenvalue weighted by Gasteiger charge is -2.28. The molecule has 0 aliphatic heterocycles. The van der Waals surface area contributed by atoms with Crippen molar-refractivity contribution < 1.29 is 13.9 Å². The summed E-state index contributed by atoms with van der Waals surface area (Å²) in [5.41, 5.74) is -1.02. The third-order valence-corrected chi connectivity index (χ3v) is 3.69. The Balaban J connectivity index is 2.42. The van der Waals surface area contributed by atoms with Gasteiger partial charge in [-0.05, 0) is 36.2 Å². The van der Waals surface area contributed by atoms with Gasteiger partial charge < -0.3 is 5.11 Å². The molecule has 0 aliphatic carbocycles. The van der Waals surface area contributed by atoms with Crippen LogP contribution in [0.15, 0.2) is 42.5 Å². The van der Waals surface area contributed by atoms with Gasteiger partial charge in [-0.15, -0.1) is 0 Å². The van der Waals surface area contributed by atoms with Gasteiger partial charge in [0.2, 0.25) is 0 Å². The first kappa shape index (κ1) is 14.9. The fourth-order valence-corrected chi connectivity index (χ4v) is 2.44. The van der Waals surface area contributed by atoms with Crippen LogP contribution in [0, 0.1) is 11.6 Å². The summed E-state index contributed by atoms with van der Waals surface area (Å²) in [6, 6.07) is 10.1. The highest BCUT2D eigenvalue weighted by Crippen LogP contribution is 2.32. The van der Waals surface area contributed by atoms with E-state index in [-0.39, 0.29) is 24.0 Å². The van der Waals surface area contributed by atoms with Crippen molar-refractivity contribution in [2.45, 2.75) is 25.4 Å². The van der Waals surface area contributed by atoms with E-state index in [1.807, 2.05) is 0 Å². The van der Waals surface area contributed by atoms with Crippen LogP contribution >= 0.6 is 11.6 Å². The molecule has 2 aromatic carbocycles. The molecule has 20 heavy (non-hydrogen) atoms. The van der Waals surface area contributed by atoms with E-state index in [0.717, 1.165) is 0 Å². The predicted molar refractivity (Wildman–Crippen MR) is 75.7 cm³/mol. The summed E-state index contributed by atoms with van der Waals surface area (Å²) in [4.78, 5) is 0.